The molecule has 0 bridgehead atoms. The van der Waals surface area contributed by atoms with Crippen LogP contribution in [0.1, 0.15) is 5.69 Å². The summed E-state index contributed by atoms with van der Waals surface area (Å²) in [5, 5.41) is 8.05. The summed E-state index contributed by atoms with van der Waals surface area (Å²) in [6.45, 7) is 4.51. The Kier molecular flexibility index (Phi) is 4.47. The Morgan fingerprint density at radius 3 is 3.00 bits per heavy atom. The third-order valence-corrected chi connectivity index (χ3v) is 3.64. The predicted molar refractivity (Wildman–Crippen MR) is 78.0 cm³/mol. The second-order valence-electron chi connectivity index (χ2n) is 5.07. The van der Waals surface area contributed by atoms with Crippen molar-refractivity contribution in [1.82, 2.24) is 15.1 Å². The van der Waals surface area contributed by atoms with E-state index in [2.05, 4.69) is 15.1 Å². The number of nitrogens with one attached hydrogen (secondary N) is 1. The maximum absolute atomic E-state index is 11.9. The summed E-state index contributed by atoms with van der Waals surface area (Å²) < 4.78 is 10.6. The third-order valence-electron chi connectivity index (χ3n) is 3.64. The number of benzene rings is 1. The molecule has 0 aliphatic carbocycles. The van der Waals surface area contributed by atoms with Crippen LogP contribution in [0.4, 0.5) is 0 Å². The second kappa shape index (κ2) is 6.69. The van der Waals surface area contributed by atoms with Crippen LogP contribution in [-0.4, -0.2) is 60.5 Å². The fraction of sp³-hybridized carbons (Fsp3) is 0.467. The monoisotopic (exact) mass is 289 g/mol. The van der Waals surface area contributed by atoms with Gasteiger partial charge in [0.25, 0.3) is 0 Å². The highest BCUT2D eigenvalue weighted by Gasteiger charge is 2.13. The van der Waals surface area contributed by atoms with Gasteiger partial charge in [-0.3, -0.25) is 14.8 Å². The van der Waals surface area contributed by atoms with Gasteiger partial charge in [0.15, 0.2) is 0 Å². The molecule has 6 heteroatoms. The molecule has 2 heterocycles. The van der Waals surface area contributed by atoms with E-state index in [1.165, 1.54) is 0 Å². The van der Waals surface area contributed by atoms with Crippen molar-refractivity contribution >= 4 is 16.9 Å². The van der Waals surface area contributed by atoms with Gasteiger partial charge in [0.2, 0.25) is 0 Å². The smallest absolute Gasteiger partial charge is 0.311 e. The maximum Gasteiger partial charge on any atom is 0.311 e. The summed E-state index contributed by atoms with van der Waals surface area (Å²) in [5.74, 6) is -0.224. The Hall–Kier alpha value is -1.92. The molecule has 1 saturated heterocycles. The van der Waals surface area contributed by atoms with Crippen molar-refractivity contribution in [3.05, 3.63) is 30.0 Å². The molecule has 0 spiro atoms. The molecule has 1 aromatic carbocycles. The van der Waals surface area contributed by atoms with Gasteiger partial charge in [-0.1, -0.05) is 18.2 Å². The van der Waals surface area contributed by atoms with E-state index < -0.39 is 0 Å². The van der Waals surface area contributed by atoms with Crippen LogP contribution in [0.3, 0.4) is 0 Å². The van der Waals surface area contributed by atoms with E-state index in [-0.39, 0.29) is 12.4 Å². The van der Waals surface area contributed by atoms with Crippen molar-refractivity contribution in [2.24, 2.45) is 0 Å². The number of ether oxygens (including phenoxy) is 2. The lowest BCUT2D eigenvalue weighted by Gasteiger charge is -2.26. The average Bonchev–Trinajstić information content (AvgIpc) is 2.92. The molecule has 1 fully saturated rings. The van der Waals surface area contributed by atoms with Crippen LogP contribution in [0, 0.1) is 0 Å². The number of hydrogen-bond donors (Lipinski definition) is 1. The molecule has 3 rings (SSSR count). The van der Waals surface area contributed by atoms with Crippen LogP contribution in [0.15, 0.2) is 24.3 Å². The molecule has 1 aromatic heterocycles. The summed E-state index contributed by atoms with van der Waals surface area (Å²) in [5.41, 5.74) is 1.68. The number of esters is 1. The lowest BCUT2D eigenvalue weighted by molar-refractivity contribution is -0.143. The Labute approximate surface area is 123 Å². The quantitative estimate of drug-likeness (QED) is 0.831. The first-order chi connectivity index (χ1) is 10.3. The molecule has 112 valence electrons. The average molecular weight is 289 g/mol. The van der Waals surface area contributed by atoms with E-state index in [1.807, 2.05) is 24.3 Å². The number of aromatic nitrogens is 2. The Bertz CT molecular complexity index is 605. The molecule has 0 unspecified atom stereocenters. The number of rotatable bonds is 5. The summed E-state index contributed by atoms with van der Waals surface area (Å²) in [6, 6.07) is 7.73. The first kappa shape index (κ1) is 14.0. The van der Waals surface area contributed by atoms with Gasteiger partial charge in [-0.15, -0.1) is 0 Å². The van der Waals surface area contributed by atoms with Crippen molar-refractivity contribution in [3.63, 3.8) is 0 Å². The van der Waals surface area contributed by atoms with E-state index >= 15 is 0 Å². The Balaban J connectivity index is 1.47. The molecular formula is C15H19N3O3. The molecule has 1 aliphatic heterocycles. The Morgan fingerprint density at radius 2 is 2.14 bits per heavy atom. The van der Waals surface area contributed by atoms with Crippen molar-refractivity contribution in [1.29, 1.82) is 0 Å². The van der Waals surface area contributed by atoms with E-state index in [1.54, 1.807) is 0 Å². The van der Waals surface area contributed by atoms with Crippen LogP contribution in [0.5, 0.6) is 0 Å². The van der Waals surface area contributed by atoms with E-state index in [0.29, 0.717) is 6.61 Å². The van der Waals surface area contributed by atoms with Crippen molar-refractivity contribution in [2.45, 2.75) is 6.42 Å². The normalized spacial score (nSPS) is 16.2. The molecule has 0 saturated carbocycles. The SMILES string of the molecule is O=C(Cc1[nH]nc2ccccc12)OCCN1CCOCC1. The molecule has 0 amide bonds. The number of aromatic amines is 1. The summed E-state index contributed by atoms with van der Waals surface area (Å²) in [6.07, 6.45) is 0.226. The minimum Gasteiger partial charge on any atom is -0.464 e. The van der Waals surface area contributed by atoms with Gasteiger partial charge in [-0.05, 0) is 6.07 Å². The van der Waals surface area contributed by atoms with Gasteiger partial charge in [0.1, 0.15) is 6.61 Å². The lowest BCUT2D eigenvalue weighted by Crippen LogP contribution is -2.38. The summed E-state index contributed by atoms with van der Waals surface area (Å²) in [4.78, 5) is 14.1. The molecule has 1 aliphatic rings. The number of fused-ring (bicyclic) bond motifs is 1. The highest BCUT2D eigenvalue weighted by atomic mass is 16.5. The zero-order chi connectivity index (χ0) is 14.5. The zero-order valence-electron chi connectivity index (χ0n) is 11.9. The van der Waals surface area contributed by atoms with Gasteiger partial charge in [0.05, 0.1) is 30.8 Å². The molecule has 0 atom stereocenters. The molecular weight excluding hydrogens is 270 g/mol. The van der Waals surface area contributed by atoms with Crippen LogP contribution >= 0.6 is 0 Å². The topological polar surface area (TPSA) is 67.5 Å². The molecule has 0 radical (unpaired) electrons. The fourth-order valence-corrected chi connectivity index (χ4v) is 2.46. The molecule has 21 heavy (non-hydrogen) atoms. The summed E-state index contributed by atoms with van der Waals surface area (Å²) >= 11 is 0. The van der Waals surface area contributed by atoms with Crippen LogP contribution < -0.4 is 0 Å². The number of hydrogen-bond acceptors (Lipinski definition) is 5. The summed E-state index contributed by atoms with van der Waals surface area (Å²) in [7, 11) is 0. The van der Waals surface area contributed by atoms with Crippen molar-refractivity contribution < 1.29 is 14.3 Å². The number of carbonyl (C=O) groups is 1. The van der Waals surface area contributed by atoms with Gasteiger partial charge in [-0.2, -0.15) is 5.10 Å². The number of carbonyl (C=O) groups excluding carboxylic acids is 1. The molecule has 6 nitrogen and oxygen atoms in total. The minimum atomic E-state index is -0.224. The number of nitrogens with zero attached hydrogens (tertiary/aromatic N) is 2. The predicted octanol–water partition coefficient (Wildman–Crippen LogP) is 0.981. The van der Waals surface area contributed by atoms with Crippen LogP contribution in [0.25, 0.3) is 10.9 Å². The number of morpholine rings is 1. The third kappa shape index (κ3) is 3.59. The first-order valence-corrected chi connectivity index (χ1v) is 7.20. The lowest BCUT2D eigenvalue weighted by atomic mass is 10.2. The van der Waals surface area contributed by atoms with Gasteiger partial charge in [0, 0.05) is 25.0 Å². The van der Waals surface area contributed by atoms with Crippen molar-refractivity contribution in [2.75, 3.05) is 39.5 Å². The highest BCUT2D eigenvalue weighted by Crippen LogP contribution is 2.15. The largest absolute Gasteiger partial charge is 0.464 e. The van der Waals surface area contributed by atoms with E-state index in [4.69, 9.17) is 9.47 Å². The fourth-order valence-electron chi connectivity index (χ4n) is 2.46. The highest BCUT2D eigenvalue weighted by molar-refractivity contribution is 5.85. The number of H-pyrrole nitrogens is 1. The first-order valence-electron chi connectivity index (χ1n) is 7.20. The standard InChI is InChI=1S/C15H19N3O3/c19-15(21-10-7-18-5-8-20-9-6-18)11-14-12-3-1-2-4-13(12)16-17-14/h1-4H,5-11H2,(H,16,17). The van der Waals surface area contributed by atoms with Gasteiger partial charge in [-0.25, -0.2) is 0 Å². The zero-order valence-corrected chi connectivity index (χ0v) is 11.9. The van der Waals surface area contributed by atoms with Gasteiger partial charge < -0.3 is 9.47 Å². The van der Waals surface area contributed by atoms with Crippen molar-refractivity contribution in [3.8, 4) is 0 Å². The van der Waals surface area contributed by atoms with Crippen LogP contribution in [0.2, 0.25) is 0 Å². The molecule has 1 N–H and O–H groups in total. The molecule has 2 aromatic rings. The van der Waals surface area contributed by atoms with E-state index in [9.17, 15) is 4.79 Å². The van der Waals surface area contributed by atoms with Gasteiger partial charge >= 0.3 is 5.97 Å². The van der Waals surface area contributed by atoms with Crippen LogP contribution in [-0.2, 0) is 20.7 Å². The second-order valence-corrected chi connectivity index (χ2v) is 5.07. The number of para-hydroxylation sites is 1. The maximum atomic E-state index is 11.9. The Morgan fingerprint density at radius 1 is 1.33 bits per heavy atom. The minimum absolute atomic E-state index is 0.224. The van der Waals surface area contributed by atoms with E-state index in [0.717, 1.165) is 49.4 Å².